The lowest BCUT2D eigenvalue weighted by Gasteiger charge is -2.09. The smallest absolute Gasteiger partial charge is 0.359 e. The van der Waals surface area contributed by atoms with E-state index in [1.165, 1.54) is 12.1 Å². The summed E-state index contributed by atoms with van der Waals surface area (Å²) in [4.78, 5) is 38.9. The monoisotopic (exact) mass is 419 g/mol. The first-order valence-electron chi connectivity index (χ1n) is 6.81. The van der Waals surface area contributed by atoms with Gasteiger partial charge in [0.1, 0.15) is 5.82 Å². The molecule has 0 bridgehead atoms. The molecular formula is C15H9Cl3FN3O4. The summed E-state index contributed by atoms with van der Waals surface area (Å²) < 4.78 is 17.5. The van der Waals surface area contributed by atoms with Crippen LogP contribution in [0.25, 0.3) is 0 Å². The van der Waals surface area contributed by atoms with E-state index in [0.29, 0.717) is 0 Å². The Kier molecular flexibility index (Phi) is 6.73. The molecule has 11 heteroatoms. The Labute approximate surface area is 161 Å². The van der Waals surface area contributed by atoms with Gasteiger partial charge in [-0.15, -0.1) is 0 Å². The predicted octanol–water partition coefficient (Wildman–Crippen LogP) is 2.80. The van der Waals surface area contributed by atoms with Crippen LogP contribution in [0, 0.1) is 5.82 Å². The highest BCUT2D eigenvalue weighted by Crippen LogP contribution is 2.31. The van der Waals surface area contributed by atoms with E-state index in [1.54, 1.807) is 0 Å². The number of aromatic nitrogens is 1. The lowest BCUT2D eigenvalue weighted by atomic mass is 10.2. The van der Waals surface area contributed by atoms with Gasteiger partial charge in [0.05, 0.1) is 15.1 Å². The van der Waals surface area contributed by atoms with Crippen molar-refractivity contribution in [3.05, 3.63) is 62.6 Å². The minimum absolute atomic E-state index is 0.0504. The molecule has 2 aromatic rings. The fourth-order valence-corrected chi connectivity index (χ4v) is 2.18. The zero-order chi connectivity index (χ0) is 19.3. The Bertz CT molecular complexity index is 862. The number of hydrogen-bond donors (Lipinski definition) is 2. The molecule has 136 valence electrons. The molecule has 2 rings (SSSR count). The topological polar surface area (TPSA) is 97.4 Å². The molecule has 1 aromatic heterocycles. The highest BCUT2D eigenvalue weighted by Gasteiger charge is 2.19. The van der Waals surface area contributed by atoms with Crippen molar-refractivity contribution in [2.75, 3.05) is 6.61 Å². The van der Waals surface area contributed by atoms with Crippen LogP contribution in [-0.4, -0.2) is 29.4 Å². The molecule has 2 amide bonds. The van der Waals surface area contributed by atoms with Gasteiger partial charge < -0.3 is 4.74 Å². The number of halogens is 4. The molecule has 0 fully saturated rings. The number of carbonyl (C=O) groups is 3. The summed E-state index contributed by atoms with van der Waals surface area (Å²) in [5.41, 5.74) is 3.91. The lowest BCUT2D eigenvalue weighted by Crippen LogP contribution is -2.43. The van der Waals surface area contributed by atoms with E-state index >= 15 is 0 Å². The van der Waals surface area contributed by atoms with Crippen molar-refractivity contribution < 1.29 is 23.5 Å². The summed E-state index contributed by atoms with van der Waals surface area (Å²) in [6.07, 6.45) is 1.11. The third-order valence-corrected chi connectivity index (χ3v) is 4.11. The summed E-state index contributed by atoms with van der Waals surface area (Å²) in [6, 6.07) is 4.64. The van der Waals surface area contributed by atoms with Gasteiger partial charge in [0, 0.05) is 11.8 Å². The van der Waals surface area contributed by atoms with Gasteiger partial charge in [-0.25, -0.2) is 14.2 Å². The van der Waals surface area contributed by atoms with E-state index in [4.69, 9.17) is 39.5 Å². The van der Waals surface area contributed by atoms with E-state index in [0.717, 1.165) is 18.3 Å². The third-order valence-electron chi connectivity index (χ3n) is 2.87. The molecule has 0 saturated carbocycles. The molecule has 1 aromatic carbocycles. The third kappa shape index (κ3) is 5.04. The van der Waals surface area contributed by atoms with Crippen LogP contribution in [0.1, 0.15) is 20.8 Å². The Morgan fingerprint density at radius 1 is 1.04 bits per heavy atom. The van der Waals surface area contributed by atoms with E-state index < -0.39 is 30.2 Å². The van der Waals surface area contributed by atoms with E-state index in [-0.39, 0.29) is 26.3 Å². The summed E-state index contributed by atoms with van der Waals surface area (Å²) >= 11 is 17.3. The molecule has 0 spiro atoms. The second-order valence-electron chi connectivity index (χ2n) is 4.67. The first kappa shape index (κ1) is 19.9. The van der Waals surface area contributed by atoms with Crippen molar-refractivity contribution in [2.24, 2.45) is 0 Å². The van der Waals surface area contributed by atoms with E-state index in [2.05, 4.69) is 10.4 Å². The van der Waals surface area contributed by atoms with Crippen molar-refractivity contribution in [3.8, 4) is 0 Å². The van der Waals surface area contributed by atoms with Crippen molar-refractivity contribution in [3.63, 3.8) is 0 Å². The number of nitrogens with zero attached hydrogens (tertiary/aromatic N) is 1. The van der Waals surface area contributed by atoms with Gasteiger partial charge in [-0.1, -0.05) is 34.8 Å². The van der Waals surface area contributed by atoms with Crippen LogP contribution in [-0.2, 0) is 9.53 Å². The highest BCUT2D eigenvalue weighted by atomic mass is 35.5. The molecule has 0 aliphatic rings. The molecule has 0 aliphatic heterocycles. The first-order valence-corrected chi connectivity index (χ1v) is 7.94. The zero-order valence-corrected chi connectivity index (χ0v) is 15.0. The molecule has 0 atom stereocenters. The molecule has 7 nitrogen and oxygen atoms in total. The number of pyridine rings is 1. The fraction of sp³-hybridized carbons (Fsp3) is 0.0667. The average Bonchev–Trinajstić information content (AvgIpc) is 2.63. The number of amides is 2. The van der Waals surface area contributed by atoms with Gasteiger partial charge in [0.15, 0.2) is 12.3 Å². The zero-order valence-electron chi connectivity index (χ0n) is 12.7. The van der Waals surface area contributed by atoms with Crippen LogP contribution >= 0.6 is 34.8 Å². The van der Waals surface area contributed by atoms with Crippen molar-refractivity contribution >= 4 is 52.6 Å². The lowest BCUT2D eigenvalue weighted by molar-refractivity contribution is -0.125. The maximum Gasteiger partial charge on any atom is 0.359 e. The molecular weight excluding hydrogens is 412 g/mol. The maximum atomic E-state index is 12.8. The van der Waals surface area contributed by atoms with Gasteiger partial charge in [-0.2, -0.15) is 0 Å². The molecule has 0 saturated heterocycles. The van der Waals surface area contributed by atoms with Crippen LogP contribution < -0.4 is 10.9 Å². The predicted molar refractivity (Wildman–Crippen MR) is 91.6 cm³/mol. The fourth-order valence-electron chi connectivity index (χ4n) is 1.62. The number of carbonyl (C=O) groups excluding carboxylic acids is 3. The molecule has 0 radical (unpaired) electrons. The van der Waals surface area contributed by atoms with E-state index in [9.17, 15) is 18.8 Å². The normalized spacial score (nSPS) is 10.2. The summed E-state index contributed by atoms with van der Waals surface area (Å²) in [6.45, 7) is -0.721. The molecule has 26 heavy (non-hydrogen) atoms. The van der Waals surface area contributed by atoms with Crippen LogP contribution in [0.4, 0.5) is 4.39 Å². The van der Waals surface area contributed by atoms with Crippen molar-refractivity contribution in [1.29, 1.82) is 0 Å². The quantitative estimate of drug-likeness (QED) is 0.585. The Morgan fingerprint density at radius 3 is 2.35 bits per heavy atom. The average molecular weight is 421 g/mol. The number of nitrogens with one attached hydrogen (secondary N) is 2. The number of esters is 1. The maximum absolute atomic E-state index is 12.8. The van der Waals surface area contributed by atoms with Gasteiger partial charge in [-0.05, 0) is 24.3 Å². The molecule has 1 heterocycles. The summed E-state index contributed by atoms with van der Waals surface area (Å²) in [5, 5.41) is -0.241. The van der Waals surface area contributed by atoms with Crippen molar-refractivity contribution in [1.82, 2.24) is 15.8 Å². The number of rotatable bonds is 4. The number of hydrazine groups is 1. The summed E-state index contributed by atoms with van der Waals surface area (Å²) in [5.74, 6) is -3.02. The van der Waals surface area contributed by atoms with Crippen molar-refractivity contribution in [2.45, 2.75) is 0 Å². The number of ether oxygens (including phenoxy) is 1. The van der Waals surface area contributed by atoms with Gasteiger partial charge in [0.25, 0.3) is 11.8 Å². The van der Waals surface area contributed by atoms with Crippen LogP contribution in [0.3, 0.4) is 0 Å². The van der Waals surface area contributed by atoms with Gasteiger partial charge in [0.2, 0.25) is 0 Å². The molecule has 0 unspecified atom stereocenters. The summed E-state index contributed by atoms with van der Waals surface area (Å²) in [7, 11) is 0. The molecule has 2 N–H and O–H groups in total. The number of benzene rings is 1. The van der Waals surface area contributed by atoms with Crippen LogP contribution in [0.15, 0.2) is 30.5 Å². The SMILES string of the molecule is O=C(COC(=O)c1ncc(Cl)c(Cl)c1Cl)NNC(=O)c1ccc(F)cc1. The molecule has 0 aliphatic carbocycles. The number of hydrogen-bond acceptors (Lipinski definition) is 5. The van der Waals surface area contributed by atoms with Gasteiger partial charge >= 0.3 is 5.97 Å². The Balaban J connectivity index is 1.85. The minimum atomic E-state index is -1.01. The first-order chi connectivity index (χ1) is 12.3. The standard InChI is InChI=1S/C15H9Cl3FN3O4/c16-9-5-20-13(12(18)11(9)17)15(25)26-6-10(23)21-22-14(24)7-1-3-8(19)4-2-7/h1-5H,6H2,(H,21,23)(H,22,24). The highest BCUT2D eigenvalue weighted by molar-refractivity contribution is 6.48. The second kappa shape index (κ2) is 8.79. The van der Waals surface area contributed by atoms with Gasteiger partial charge in [-0.3, -0.25) is 20.4 Å². The second-order valence-corrected chi connectivity index (χ2v) is 5.83. The largest absolute Gasteiger partial charge is 0.451 e. The van der Waals surface area contributed by atoms with Crippen LogP contribution in [0.5, 0.6) is 0 Å². The Hall–Kier alpha value is -2.42. The minimum Gasteiger partial charge on any atom is -0.451 e. The van der Waals surface area contributed by atoms with Crippen LogP contribution in [0.2, 0.25) is 15.1 Å². The Morgan fingerprint density at radius 2 is 1.69 bits per heavy atom. The van der Waals surface area contributed by atoms with E-state index in [1.807, 2.05) is 5.43 Å².